The van der Waals surface area contributed by atoms with Crippen LogP contribution in [0, 0.1) is 11.8 Å². The van der Waals surface area contributed by atoms with Crippen molar-refractivity contribution < 1.29 is 0 Å². The van der Waals surface area contributed by atoms with Gasteiger partial charge in [0.25, 0.3) is 0 Å². The number of benzene rings is 5. The molecule has 0 saturated heterocycles. The molecule has 0 bridgehead atoms. The summed E-state index contributed by atoms with van der Waals surface area (Å²) >= 11 is 0. The number of rotatable bonds is 1. The van der Waals surface area contributed by atoms with Gasteiger partial charge in [-0.15, -0.1) is 0 Å². The predicted molar refractivity (Wildman–Crippen MR) is 209 cm³/mol. The number of allylic oxidation sites excluding steroid dienone is 10. The summed E-state index contributed by atoms with van der Waals surface area (Å²) in [5.74, 6) is 3.69. The van der Waals surface area contributed by atoms with Crippen molar-refractivity contribution in [3.8, 4) is 0 Å². The van der Waals surface area contributed by atoms with Crippen LogP contribution in [0.5, 0.6) is 0 Å². The Hall–Kier alpha value is -4.88. The van der Waals surface area contributed by atoms with Gasteiger partial charge in [0.1, 0.15) is 0 Å². The molecule has 5 aromatic carbocycles. The predicted octanol–water partition coefficient (Wildman–Crippen LogP) is 12.7. The molecule has 1 aromatic heterocycles. The molecule has 0 saturated carbocycles. The van der Waals surface area contributed by atoms with Gasteiger partial charge < -0.3 is 4.98 Å². The Morgan fingerprint density at radius 2 is 1.28 bits per heavy atom. The SMILES string of the molecule is C1=CCCC(C2c3cc4c5ccccc5c5ccccc5c4cc3C3CCc4c([nH]c5cc6c(cc45)C4C=CC=CC4C4CCC=CC64)C32)=C1. The topological polar surface area (TPSA) is 15.8 Å². The van der Waals surface area contributed by atoms with Crippen LogP contribution >= 0.6 is 0 Å². The van der Waals surface area contributed by atoms with Gasteiger partial charge in [0, 0.05) is 40.3 Å². The maximum atomic E-state index is 4.21. The normalized spacial score (nSPS) is 28.7. The molecule has 0 amide bonds. The van der Waals surface area contributed by atoms with Gasteiger partial charge in [0.05, 0.1) is 0 Å². The van der Waals surface area contributed by atoms with E-state index >= 15 is 0 Å². The van der Waals surface area contributed by atoms with Crippen LogP contribution in [0.1, 0.15) is 95.2 Å². The van der Waals surface area contributed by atoms with Crippen LogP contribution in [0.3, 0.4) is 0 Å². The molecule has 0 fully saturated rings. The molecule has 6 aliphatic rings. The summed E-state index contributed by atoms with van der Waals surface area (Å²) in [6.07, 6.45) is 29.0. The third-order valence-electron chi connectivity index (χ3n) is 14.0. The number of aromatic nitrogens is 1. The monoisotopic (exact) mass is 643 g/mol. The van der Waals surface area contributed by atoms with Crippen molar-refractivity contribution in [2.75, 3.05) is 0 Å². The first kappa shape index (κ1) is 27.9. The zero-order chi connectivity index (χ0) is 32.5. The second kappa shape index (κ2) is 10.3. The molecule has 1 heteroatoms. The summed E-state index contributed by atoms with van der Waals surface area (Å²) in [4.78, 5) is 4.21. The highest BCUT2D eigenvalue weighted by molar-refractivity contribution is 6.25. The Morgan fingerprint density at radius 3 is 2.06 bits per heavy atom. The van der Waals surface area contributed by atoms with Crippen molar-refractivity contribution in [1.82, 2.24) is 4.98 Å². The van der Waals surface area contributed by atoms with Gasteiger partial charge in [0.15, 0.2) is 0 Å². The molecule has 1 N–H and O–H groups in total. The van der Waals surface area contributed by atoms with Gasteiger partial charge in [0.2, 0.25) is 0 Å². The van der Waals surface area contributed by atoms with Crippen molar-refractivity contribution in [3.63, 3.8) is 0 Å². The van der Waals surface area contributed by atoms with Crippen molar-refractivity contribution in [1.29, 1.82) is 0 Å². The van der Waals surface area contributed by atoms with Crippen LogP contribution in [0.2, 0.25) is 0 Å². The third-order valence-corrected chi connectivity index (χ3v) is 14.0. The fraction of sp³-hybridized carbons (Fsp3) is 0.265. The minimum atomic E-state index is 0.401. The van der Waals surface area contributed by atoms with Crippen molar-refractivity contribution in [2.45, 2.75) is 68.1 Å². The van der Waals surface area contributed by atoms with E-state index in [2.05, 4.69) is 132 Å². The molecule has 50 heavy (non-hydrogen) atoms. The van der Waals surface area contributed by atoms with E-state index in [1.54, 1.807) is 33.4 Å². The average Bonchev–Trinajstić information content (AvgIpc) is 3.72. The summed E-state index contributed by atoms with van der Waals surface area (Å²) in [7, 11) is 0. The quantitative estimate of drug-likeness (QED) is 0.136. The highest BCUT2D eigenvalue weighted by Gasteiger charge is 2.48. The Labute approximate surface area is 293 Å². The number of nitrogens with one attached hydrogen (secondary N) is 1. The molecule has 242 valence electrons. The lowest BCUT2D eigenvalue weighted by atomic mass is 9.60. The van der Waals surface area contributed by atoms with Gasteiger partial charge >= 0.3 is 0 Å². The van der Waals surface area contributed by atoms with Crippen LogP contribution in [0.15, 0.2) is 133 Å². The van der Waals surface area contributed by atoms with Crippen molar-refractivity contribution in [3.05, 3.63) is 167 Å². The molecule has 0 radical (unpaired) electrons. The van der Waals surface area contributed by atoms with Crippen LogP contribution in [0.25, 0.3) is 43.2 Å². The zero-order valence-electron chi connectivity index (χ0n) is 28.4. The molecule has 7 atom stereocenters. The minimum absolute atomic E-state index is 0.401. The van der Waals surface area contributed by atoms with Crippen LogP contribution in [-0.2, 0) is 6.42 Å². The van der Waals surface area contributed by atoms with E-state index in [0.29, 0.717) is 41.4 Å². The van der Waals surface area contributed by atoms with E-state index in [0.717, 1.165) is 19.3 Å². The molecule has 0 spiro atoms. The summed E-state index contributed by atoms with van der Waals surface area (Å²) in [6.45, 7) is 0. The Balaban J connectivity index is 1.09. The number of aromatic amines is 1. The first-order valence-corrected chi connectivity index (χ1v) is 19.2. The molecular weight excluding hydrogens is 603 g/mol. The fourth-order valence-corrected chi connectivity index (χ4v) is 12.0. The van der Waals surface area contributed by atoms with E-state index in [1.165, 1.54) is 68.2 Å². The van der Waals surface area contributed by atoms with Gasteiger partial charge in [-0.25, -0.2) is 0 Å². The van der Waals surface area contributed by atoms with Gasteiger partial charge in [-0.05, 0) is 141 Å². The Kier molecular flexibility index (Phi) is 5.76. The van der Waals surface area contributed by atoms with Gasteiger partial charge in [-0.1, -0.05) is 109 Å². The number of hydrogen-bond acceptors (Lipinski definition) is 0. The van der Waals surface area contributed by atoms with E-state index < -0.39 is 0 Å². The van der Waals surface area contributed by atoms with Crippen LogP contribution in [0.4, 0.5) is 0 Å². The standard InChI is InChI=1S/C49H41N/c1-2-12-28(13-3-1)47-45-26-41-35-20-10-6-15-30(35)29-14-4-8-18-33(29)39(41)24-42(45)37-22-23-38-44-25-40-34-19-9-5-16-31(34)32-17-7-11-21-36(32)43(40)27-46(44)50-49(38)48(37)47/h1-2,4-6,8-12,14-16,18-21,24-27,31-32,34,36-37,47-48,50H,3,7,13,17,22-23H2. The summed E-state index contributed by atoms with van der Waals surface area (Å²) in [6, 6.07) is 28.7. The largest absolute Gasteiger partial charge is 0.358 e. The van der Waals surface area contributed by atoms with E-state index in [9.17, 15) is 0 Å². The molecule has 1 nitrogen and oxygen atoms in total. The first-order valence-electron chi connectivity index (χ1n) is 19.2. The maximum absolute atomic E-state index is 4.21. The third kappa shape index (κ3) is 3.68. The lowest BCUT2D eigenvalue weighted by Crippen LogP contribution is -2.32. The van der Waals surface area contributed by atoms with Crippen molar-refractivity contribution >= 4 is 43.2 Å². The molecule has 6 aliphatic carbocycles. The fourth-order valence-electron chi connectivity index (χ4n) is 12.0. The molecular formula is C49H41N. The van der Waals surface area contributed by atoms with Crippen molar-refractivity contribution in [2.24, 2.45) is 11.8 Å². The first-order chi connectivity index (χ1) is 24.8. The summed E-state index contributed by atoms with van der Waals surface area (Å²) < 4.78 is 0. The molecule has 7 unspecified atom stereocenters. The minimum Gasteiger partial charge on any atom is -0.358 e. The second-order valence-electron chi connectivity index (χ2n) is 16.1. The molecule has 1 heterocycles. The lowest BCUT2D eigenvalue weighted by molar-refractivity contribution is 0.285. The zero-order valence-corrected chi connectivity index (χ0v) is 28.4. The number of hydrogen-bond donors (Lipinski definition) is 1. The van der Waals surface area contributed by atoms with Crippen LogP contribution in [-0.4, -0.2) is 4.98 Å². The van der Waals surface area contributed by atoms with E-state index in [-0.39, 0.29) is 0 Å². The lowest BCUT2D eigenvalue weighted by Gasteiger charge is -2.44. The number of H-pyrrole nitrogens is 1. The molecule has 12 rings (SSSR count). The van der Waals surface area contributed by atoms with E-state index in [1.807, 2.05) is 0 Å². The smallest absolute Gasteiger partial charge is 0.0462 e. The Morgan fingerprint density at radius 1 is 0.560 bits per heavy atom. The number of aryl methyl sites for hydroxylation is 1. The van der Waals surface area contributed by atoms with Gasteiger partial charge in [-0.2, -0.15) is 0 Å². The maximum Gasteiger partial charge on any atom is 0.0462 e. The number of fused-ring (bicyclic) bond motifs is 19. The molecule has 0 aliphatic heterocycles. The van der Waals surface area contributed by atoms with Crippen LogP contribution < -0.4 is 0 Å². The summed E-state index contributed by atoms with van der Waals surface area (Å²) in [5, 5.41) is 9.83. The Bertz CT molecular complexity index is 2600. The van der Waals surface area contributed by atoms with E-state index in [4.69, 9.17) is 0 Å². The highest BCUT2D eigenvalue weighted by atomic mass is 14.8. The summed E-state index contributed by atoms with van der Waals surface area (Å²) in [5.41, 5.74) is 12.5. The highest BCUT2D eigenvalue weighted by Crippen LogP contribution is 2.62. The van der Waals surface area contributed by atoms with Gasteiger partial charge in [-0.3, -0.25) is 0 Å². The average molecular weight is 644 g/mol. The molecule has 6 aromatic rings. The second-order valence-corrected chi connectivity index (χ2v) is 16.1.